The highest BCUT2D eigenvalue weighted by atomic mass is 35.5. The zero-order chi connectivity index (χ0) is 20.1. The number of nitrogens with one attached hydrogen (secondary N) is 1. The molecule has 0 aliphatic carbocycles. The maximum Gasteiger partial charge on any atom is 0.271 e. The van der Waals surface area contributed by atoms with Gasteiger partial charge in [-0.3, -0.25) is 14.9 Å². The smallest absolute Gasteiger partial charge is 0.271 e. The number of nitro groups is 1. The van der Waals surface area contributed by atoms with Gasteiger partial charge in [0.25, 0.3) is 11.6 Å². The fraction of sp³-hybridized carbons (Fsp3) is 0.0526. The summed E-state index contributed by atoms with van der Waals surface area (Å²) < 4.78 is 10.9. The van der Waals surface area contributed by atoms with Crippen LogP contribution in [0.3, 0.4) is 0 Å². The maximum atomic E-state index is 12.0. The number of benzene rings is 2. The Morgan fingerprint density at radius 3 is 2.79 bits per heavy atom. The van der Waals surface area contributed by atoms with Gasteiger partial charge in [0, 0.05) is 22.7 Å². The lowest BCUT2D eigenvalue weighted by Crippen LogP contribution is -2.17. The van der Waals surface area contributed by atoms with Gasteiger partial charge in [0.2, 0.25) is 0 Å². The molecule has 8 nitrogen and oxygen atoms in total. The molecule has 0 radical (unpaired) electrons. The van der Waals surface area contributed by atoms with Gasteiger partial charge in [-0.05, 0) is 36.4 Å². The van der Waals surface area contributed by atoms with Crippen molar-refractivity contribution >= 4 is 29.4 Å². The first kappa shape index (κ1) is 19.1. The molecule has 0 atom stereocenters. The average Bonchev–Trinajstić information content (AvgIpc) is 3.16. The highest BCUT2D eigenvalue weighted by molar-refractivity contribution is 6.30. The molecule has 0 saturated heterocycles. The number of hydrazone groups is 1. The number of nitrogens with zero attached hydrogens (tertiary/aromatic N) is 2. The molecule has 3 aromatic rings. The summed E-state index contributed by atoms with van der Waals surface area (Å²) in [6.07, 6.45) is 1.32. The van der Waals surface area contributed by atoms with E-state index in [0.29, 0.717) is 33.4 Å². The van der Waals surface area contributed by atoms with Gasteiger partial charge in [-0.2, -0.15) is 5.10 Å². The predicted molar refractivity (Wildman–Crippen MR) is 104 cm³/mol. The van der Waals surface area contributed by atoms with Crippen LogP contribution in [-0.4, -0.2) is 24.2 Å². The van der Waals surface area contributed by atoms with Crippen LogP contribution >= 0.6 is 11.6 Å². The lowest BCUT2D eigenvalue weighted by molar-refractivity contribution is -0.384. The first-order chi connectivity index (χ1) is 13.5. The summed E-state index contributed by atoms with van der Waals surface area (Å²) in [6.45, 7) is 0. The van der Waals surface area contributed by atoms with E-state index < -0.39 is 10.8 Å². The second kappa shape index (κ2) is 8.36. The van der Waals surface area contributed by atoms with E-state index in [1.807, 2.05) is 0 Å². The summed E-state index contributed by atoms with van der Waals surface area (Å²) >= 11 is 5.85. The lowest BCUT2D eigenvalue weighted by Gasteiger charge is -2.05. The number of nitro benzene ring substituents is 1. The normalized spacial score (nSPS) is 10.8. The monoisotopic (exact) mass is 399 g/mol. The van der Waals surface area contributed by atoms with Gasteiger partial charge in [-0.1, -0.05) is 17.7 Å². The standard InChI is InChI=1S/C19H14ClN3O5/c1-27-17-7-5-14(23(25)26)10-16(17)18-8-6-15(28-18)11-21-22-19(24)12-3-2-4-13(20)9-12/h2-11H,1H3,(H,22,24)/b21-11-. The van der Waals surface area contributed by atoms with Crippen LogP contribution in [0.5, 0.6) is 5.75 Å². The van der Waals surface area contributed by atoms with Gasteiger partial charge in [-0.25, -0.2) is 5.43 Å². The van der Waals surface area contributed by atoms with Crippen LogP contribution in [0.4, 0.5) is 5.69 Å². The van der Waals surface area contributed by atoms with Crippen molar-refractivity contribution in [2.45, 2.75) is 0 Å². The van der Waals surface area contributed by atoms with Gasteiger partial charge >= 0.3 is 0 Å². The van der Waals surface area contributed by atoms with Gasteiger partial charge in [0.15, 0.2) is 0 Å². The second-order valence-corrected chi connectivity index (χ2v) is 5.99. The fourth-order valence-corrected chi connectivity index (χ4v) is 2.61. The summed E-state index contributed by atoms with van der Waals surface area (Å²) in [4.78, 5) is 22.5. The third-order valence-electron chi connectivity index (χ3n) is 3.73. The molecular weight excluding hydrogens is 386 g/mol. The lowest BCUT2D eigenvalue weighted by atomic mass is 10.1. The minimum atomic E-state index is -0.500. The number of non-ortho nitro benzene ring substituents is 1. The van der Waals surface area contributed by atoms with Crippen LogP contribution in [0, 0.1) is 10.1 Å². The molecule has 1 aromatic heterocycles. The van der Waals surface area contributed by atoms with Gasteiger partial charge < -0.3 is 9.15 Å². The molecule has 2 aromatic carbocycles. The molecule has 3 rings (SSSR count). The molecule has 9 heteroatoms. The number of carbonyl (C=O) groups is 1. The SMILES string of the molecule is COc1ccc([N+](=O)[O-])cc1-c1ccc(/C=N\NC(=O)c2cccc(Cl)c2)o1. The minimum absolute atomic E-state index is 0.0868. The van der Waals surface area contributed by atoms with Crippen LogP contribution in [-0.2, 0) is 0 Å². The first-order valence-electron chi connectivity index (χ1n) is 7.99. The van der Waals surface area contributed by atoms with E-state index in [-0.39, 0.29) is 5.69 Å². The molecule has 0 fully saturated rings. The Hall–Kier alpha value is -3.65. The first-order valence-corrected chi connectivity index (χ1v) is 8.37. The molecule has 28 heavy (non-hydrogen) atoms. The molecule has 0 aliphatic heterocycles. The Morgan fingerprint density at radius 1 is 1.25 bits per heavy atom. The molecule has 1 amide bonds. The minimum Gasteiger partial charge on any atom is -0.496 e. The third kappa shape index (κ3) is 4.36. The number of furan rings is 1. The van der Waals surface area contributed by atoms with E-state index in [1.165, 1.54) is 37.6 Å². The molecule has 142 valence electrons. The van der Waals surface area contributed by atoms with Crippen LogP contribution in [0.15, 0.2) is 64.1 Å². The van der Waals surface area contributed by atoms with Crippen molar-refractivity contribution < 1.29 is 18.9 Å². The van der Waals surface area contributed by atoms with Crippen LogP contribution in [0.1, 0.15) is 16.1 Å². The van der Waals surface area contributed by atoms with Gasteiger partial charge in [-0.15, -0.1) is 0 Å². The van der Waals surface area contributed by atoms with Crippen LogP contribution in [0.25, 0.3) is 11.3 Å². The number of hydrogen-bond donors (Lipinski definition) is 1. The third-order valence-corrected chi connectivity index (χ3v) is 3.97. The summed E-state index contributed by atoms with van der Waals surface area (Å²) in [5, 5.41) is 15.3. The number of rotatable bonds is 6. The number of ether oxygens (including phenoxy) is 1. The fourth-order valence-electron chi connectivity index (χ4n) is 2.42. The van der Waals surface area contributed by atoms with Gasteiger partial charge in [0.05, 0.1) is 23.8 Å². The van der Waals surface area contributed by atoms with Gasteiger partial charge in [0.1, 0.15) is 17.3 Å². The molecule has 0 aliphatic rings. The van der Waals surface area contributed by atoms with Crippen molar-refractivity contribution in [1.29, 1.82) is 0 Å². The Kier molecular flexibility index (Phi) is 5.71. The Labute approximate surface area is 164 Å². The molecular formula is C19H14ClN3O5. The van der Waals surface area contributed by atoms with Crippen molar-refractivity contribution in [2.75, 3.05) is 7.11 Å². The summed E-state index contributed by atoms with van der Waals surface area (Å²) in [5.41, 5.74) is 3.08. The molecule has 0 spiro atoms. The maximum absolute atomic E-state index is 12.0. The van der Waals surface area contributed by atoms with Crippen molar-refractivity contribution in [1.82, 2.24) is 5.43 Å². The van der Waals surface area contributed by atoms with E-state index in [4.69, 9.17) is 20.8 Å². The van der Waals surface area contributed by atoms with E-state index in [0.717, 1.165) is 0 Å². The van der Waals surface area contributed by atoms with Crippen LogP contribution in [0.2, 0.25) is 5.02 Å². The van der Waals surface area contributed by atoms with E-state index in [2.05, 4.69) is 10.5 Å². The number of hydrogen-bond acceptors (Lipinski definition) is 6. The molecule has 0 unspecified atom stereocenters. The number of halogens is 1. The van der Waals surface area contributed by atoms with Crippen molar-refractivity contribution in [3.8, 4) is 17.1 Å². The largest absolute Gasteiger partial charge is 0.496 e. The highest BCUT2D eigenvalue weighted by Crippen LogP contribution is 2.34. The average molecular weight is 400 g/mol. The molecule has 1 heterocycles. The number of carbonyl (C=O) groups excluding carboxylic acids is 1. The summed E-state index contributed by atoms with van der Waals surface area (Å²) in [7, 11) is 1.46. The zero-order valence-electron chi connectivity index (χ0n) is 14.6. The van der Waals surface area contributed by atoms with E-state index in [1.54, 1.807) is 30.3 Å². The number of amides is 1. The van der Waals surface area contributed by atoms with E-state index >= 15 is 0 Å². The Bertz CT molecular complexity index is 1060. The molecule has 0 bridgehead atoms. The zero-order valence-corrected chi connectivity index (χ0v) is 15.3. The topological polar surface area (TPSA) is 107 Å². The van der Waals surface area contributed by atoms with Crippen LogP contribution < -0.4 is 10.2 Å². The highest BCUT2D eigenvalue weighted by Gasteiger charge is 2.15. The predicted octanol–water partition coefficient (Wildman–Crippen LogP) is 4.28. The number of methoxy groups -OCH3 is 1. The Morgan fingerprint density at radius 2 is 2.07 bits per heavy atom. The van der Waals surface area contributed by atoms with Crippen molar-refractivity contribution in [3.63, 3.8) is 0 Å². The van der Waals surface area contributed by atoms with E-state index in [9.17, 15) is 14.9 Å². The second-order valence-electron chi connectivity index (χ2n) is 5.55. The molecule has 1 N–H and O–H groups in total. The Balaban J connectivity index is 1.75. The quantitative estimate of drug-likeness (QED) is 0.378. The molecule has 0 saturated carbocycles. The van der Waals surface area contributed by atoms with Crippen molar-refractivity contribution in [3.05, 3.63) is 81.1 Å². The summed E-state index contributed by atoms with van der Waals surface area (Å²) in [6, 6.07) is 13.9. The van der Waals surface area contributed by atoms with Crippen molar-refractivity contribution in [2.24, 2.45) is 5.10 Å². The summed E-state index contributed by atoms with van der Waals surface area (Å²) in [5.74, 6) is 0.710.